The Morgan fingerprint density at radius 1 is 1.09 bits per heavy atom. The Kier molecular flexibility index (Phi) is 3.63. The van der Waals surface area contributed by atoms with Crippen LogP contribution < -0.4 is 10.2 Å². The Morgan fingerprint density at radius 2 is 1.96 bits per heavy atom. The standard InChI is InChI=1S/C18H19N5/c1-13-12-19-10-11-23(13)18-17-15(8-5-9-20-17)16(21-22-18)14-6-3-2-4-7-14/h2-9,13,19H,10-12H2,1H3/t13-/m1/s1. The van der Waals surface area contributed by atoms with Crippen LogP contribution in [0.3, 0.4) is 0 Å². The molecule has 0 aliphatic carbocycles. The molecule has 3 heterocycles. The normalized spacial score (nSPS) is 18.3. The summed E-state index contributed by atoms with van der Waals surface area (Å²) in [4.78, 5) is 6.91. The van der Waals surface area contributed by atoms with E-state index in [2.05, 4.69) is 50.5 Å². The molecule has 1 fully saturated rings. The lowest BCUT2D eigenvalue weighted by Gasteiger charge is -2.34. The second kappa shape index (κ2) is 5.93. The van der Waals surface area contributed by atoms with Crippen LogP contribution in [0.15, 0.2) is 48.7 Å². The summed E-state index contributed by atoms with van der Waals surface area (Å²) >= 11 is 0. The maximum Gasteiger partial charge on any atom is 0.178 e. The molecule has 0 bridgehead atoms. The summed E-state index contributed by atoms with van der Waals surface area (Å²) < 4.78 is 0. The number of rotatable bonds is 2. The molecule has 0 amide bonds. The molecule has 1 aromatic carbocycles. The summed E-state index contributed by atoms with van der Waals surface area (Å²) in [7, 11) is 0. The van der Waals surface area contributed by atoms with E-state index in [-0.39, 0.29) is 0 Å². The number of nitrogens with zero attached hydrogens (tertiary/aromatic N) is 4. The smallest absolute Gasteiger partial charge is 0.178 e. The van der Waals surface area contributed by atoms with Crippen LogP contribution in [-0.4, -0.2) is 40.9 Å². The van der Waals surface area contributed by atoms with E-state index in [0.717, 1.165) is 47.6 Å². The van der Waals surface area contributed by atoms with Crippen molar-refractivity contribution in [3.05, 3.63) is 48.7 Å². The number of piperazine rings is 1. The second-order valence-electron chi connectivity index (χ2n) is 5.88. The monoisotopic (exact) mass is 305 g/mol. The third-order valence-electron chi connectivity index (χ3n) is 4.34. The Morgan fingerprint density at radius 3 is 2.78 bits per heavy atom. The molecular formula is C18H19N5. The van der Waals surface area contributed by atoms with Gasteiger partial charge in [0.05, 0.1) is 0 Å². The van der Waals surface area contributed by atoms with Gasteiger partial charge in [-0.15, -0.1) is 10.2 Å². The average Bonchev–Trinajstić information content (AvgIpc) is 2.62. The summed E-state index contributed by atoms with van der Waals surface area (Å²) in [6, 6.07) is 14.6. The van der Waals surface area contributed by atoms with Crippen LogP contribution in [0.4, 0.5) is 5.82 Å². The largest absolute Gasteiger partial charge is 0.348 e. The fourth-order valence-corrected chi connectivity index (χ4v) is 3.13. The molecule has 0 unspecified atom stereocenters. The first-order valence-electron chi connectivity index (χ1n) is 7.99. The zero-order valence-electron chi connectivity index (χ0n) is 13.1. The minimum absolute atomic E-state index is 0.380. The van der Waals surface area contributed by atoms with Crippen molar-refractivity contribution in [1.29, 1.82) is 0 Å². The molecule has 3 aromatic rings. The second-order valence-corrected chi connectivity index (χ2v) is 5.88. The Labute approximate surface area is 135 Å². The van der Waals surface area contributed by atoms with Crippen LogP contribution in [0.5, 0.6) is 0 Å². The first-order valence-corrected chi connectivity index (χ1v) is 7.99. The van der Waals surface area contributed by atoms with Gasteiger partial charge in [0.1, 0.15) is 11.2 Å². The number of hydrogen-bond donors (Lipinski definition) is 1. The molecule has 4 rings (SSSR count). The van der Waals surface area contributed by atoms with Gasteiger partial charge in [-0.2, -0.15) is 0 Å². The summed E-state index contributed by atoms with van der Waals surface area (Å²) in [5.74, 6) is 0.884. The summed E-state index contributed by atoms with van der Waals surface area (Å²) in [5.41, 5.74) is 2.88. The van der Waals surface area contributed by atoms with Gasteiger partial charge in [0, 0.05) is 42.8 Å². The minimum atomic E-state index is 0.380. The molecule has 116 valence electrons. The van der Waals surface area contributed by atoms with Gasteiger partial charge in [0.2, 0.25) is 0 Å². The number of fused-ring (bicyclic) bond motifs is 1. The number of pyridine rings is 1. The van der Waals surface area contributed by atoms with Crippen molar-refractivity contribution in [2.45, 2.75) is 13.0 Å². The van der Waals surface area contributed by atoms with Crippen molar-refractivity contribution in [2.24, 2.45) is 0 Å². The molecule has 0 radical (unpaired) electrons. The van der Waals surface area contributed by atoms with Crippen molar-refractivity contribution < 1.29 is 0 Å². The first kappa shape index (κ1) is 14.1. The van der Waals surface area contributed by atoms with Crippen LogP contribution in [0.25, 0.3) is 22.2 Å². The molecule has 5 nitrogen and oxygen atoms in total. The lowest BCUT2D eigenvalue weighted by molar-refractivity contribution is 0.497. The third-order valence-corrected chi connectivity index (χ3v) is 4.34. The molecule has 1 saturated heterocycles. The van der Waals surface area contributed by atoms with Crippen molar-refractivity contribution in [3.8, 4) is 11.3 Å². The summed E-state index contributed by atoms with van der Waals surface area (Å²) in [6.07, 6.45) is 1.83. The van der Waals surface area contributed by atoms with Crippen molar-refractivity contribution >= 4 is 16.7 Å². The average molecular weight is 305 g/mol. The molecule has 23 heavy (non-hydrogen) atoms. The van der Waals surface area contributed by atoms with Crippen LogP contribution in [0.2, 0.25) is 0 Å². The molecule has 2 aromatic heterocycles. The predicted molar refractivity (Wildman–Crippen MR) is 92.4 cm³/mol. The van der Waals surface area contributed by atoms with Gasteiger partial charge in [-0.3, -0.25) is 4.98 Å². The van der Waals surface area contributed by atoms with Gasteiger partial charge in [0.25, 0.3) is 0 Å². The number of benzene rings is 1. The van der Waals surface area contributed by atoms with Crippen LogP contribution in [0, 0.1) is 0 Å². The van der Waals surface area contributed by atoms with E-state index in [1.807, 2.05) is 30.5 Å². The van der Waals surface area contributed by atoms with E-state index in [0.29, 0.717) is 6.04 Å². The van der Waals surface area contributed by atoms with Crippen LogP contribution in [0.1, 0.15) is 6.92 Å². The molecule has 5 heteroatoms. The lowest BCUT2D eigenvalue weighted by atomic mass is 10.1. The maximum absolute atomic E-state index is 4.61. The van der Waals surface area contributed by atoms with Gasteiger partial charge in [-0.25, -0.2) is 0 Å². The third kappa shape index (κ3) is 2.53. The molecule has 1 aliphatic rings. The van der Waals surface area contributed by atoms with Gasteiger partial charge >= 0.3 is 0 Å². The fraction of sp³-hybridized carbons (Fsp3) is 0.278. The van der Waals surface area contributed by atoms with E-state index in [9.17, 15) is 0 Å². The lowest BCUT2D eigenvalue weighted by Crippen LogP contribution is -2.50. The molecule has 1 N–H and O–H groups in total. The highest BCUT2D eigenvalue weighted by atomic mass is 15.3. The van der Waals surface area contributed by atoms with E-state index in [1.54, 1.807) is 0 Å². The highest BCUT2D eigenvalue weighted by molar-refractivity contribution is 5.97. The van der Waals surface area contributed by atoms with E-state index >= 15 is 0 Å². The molecule has 1 aliphatic heterocycles. The number of hydrogen-bond acceptors (Lipinski definition) is 5. The first-order chi connectivity index (χ1) is 11.3. The van der Waals surface area contributed by atoms with Crippen molar-refractivity contribution in [2.75, 3.05) is 24.5 Å². The number of anilines is 1. The minimum Gasteiger partial charge on any atom is -0.348 e. The van der Waals surface area contributed by atoms with E-state index in [4.69, 9.17) is 0 Å². The maximum atomic E-state index is 4.61. The van der Waals surface area contributed by atoms with E-state index in [1.165, 1.54) is 0 Å². The van der Waals surface area contributed by atoms with Crippen molar-refractivity contribution in [1.82, 2.24) is 20.5 Å². The van der Waals surface area contributed by atoms with Gasteiger partial charge in [-0.1, -0.05) is 30.3 Å². The zero-order chi connectivity index (χ0) is 15.6. The Bertz CT molecular complexity index is 818. The van der Waals surface area contributed by atoms with Crippen LogP contribution >= 0.6 is 0 Å². The van der Waals surface area contributed by atoms with Gasteiger partial charge in [-0.05, 0) is 19.1 Å². The van der Waals surface area contributed by atoms with Crippen LogP contribution in [-0.2, 0) is 0 Å². The zero-order valence-corrected chi connectivity index (χ0v) is 13.1. The summed E-state index contributed by atoms with van der Waals surface area (Å²) in [6.45, 7) is 5.04. The summed E-state index contributed by atoms with van der Waals surface area (Å²) in [5, 5.41) is 13.5. The van der Waals surface area contributed by atoms with Gasteiger partial charge in [0.15, 0.2) is 5.82 Å². The highest BCUT2D eigenvalue weighted by Crippen LogP contribution is 2.30. The topological polar surface area (TPSA) is 53.9 Å². The Balaban J connectivity index is 1.89. The predicted octanol–water partition coefficient (Wildman–Crippen LogP) is 2.49. The van der Waals surface area contributed by atoms with Gasteiger partial charge < -0.3 is 10.2 Å². The Hall–Kier alpha value is -2.53. The van der Waals surface area contributed by atoms with Crippen molar-refractivity contribution in [3.63, 3.8) is 0 Å². The molecular weight excluding hydrogens is 286 g/mol. The highest BCUT2D eigenvalue weighted by Gasteiger charge is 2.23. The number of aromatic nitrogens is 3. The quantitative estimate of drug-likeness (QED) is 0.788. The fourth-order valence-electron chi connectivity index (χ4n) is 3.13. The molecule has 0 spiro atoms. The van der Waals surface area contributed by atoms with E-state index < -0.39 is 0 Å². The molecule has 0 saturated carbocycles. The number of nitrogens with one attached hydrogen (secondary N) is 1. The SMILES string of the molecule is C[C@@H]1CNCCN1c1nnc(-c2ccccc2)c2cccnc12. The molecule has 1 atom stereocenters.